The SMILES string of the molecule is C=CC1=C(C)C2=CC3=NC(=CC4=NC(=C(CCC(=O)O)/C4=C/[O-])C=c4[n-]c(c(C)c4CCC(=O)O)=CC1=N2)C(C)=C3C(O)CC/C=C(\C)CC/C=C(\C)CCC=C(C)C.[Cl-].[Fe+3]. The van der Waals surface area contributed by atoms with Gasteiger partial charge in [0.25, 0.3) is 0 Å². The molecule has 3 N–H and O–H groups in total. The zero-order chi connectivity index (χ0) is 43.0. The summed E-state index contributed by atoms with van der Waals surface area (Å²) in [5, 5.41) is 44.9. The molecule has 1 radical (unpaired) electrons. The van der Waals surface area contributed by atoms with Gasteiger partial charge < -0.3 is 37.8 Å². The molecule has 4 aliphatic rings. The monoisotopic (exact) mass is 887 g/mol. The molecule has 0 saturated carbocycles. The Hall–Kier alpha value is -5.06. The van der Waals surface area contributed by atoms with Crippen molar-refractivity contribution in [2.45, 2.75) is 119 Å². The molecule has 1 unspecified atom stereocenters. The van der Waals surface area contributed by atoms with E-state index in [2.05, 4.69) is 52.5 Å². The van der Waals surface area contributed by atoms with Crippen LogP contribution in [0, 0.1) is 6.92 Å². The number of hydrogen-bond donors (Lipinski definition) is 3. The van der Waals surface area contributed by atoms with Gasteiger partial charge in [0.1, 0.15) is 0 Å². The number of aromatic nitrogens is 1. The van der Waals surface area contributed by atoms with E-state index in [0.717, 1.165) is 48.0 Å². The van der Waals surface area contributed by atoms with Crippen molar-refractivity contribution in [1.29, 1.82) is 0 Å². The summed E-state index contributed by atoms with van der Waals surface area (Å²) in [6, 6.07) is 0. The third kappa shape index (κ3) is 12.5. The van der Waals surface area contributed by atoms with Gasteiger partial charge in [-0.3, -0.25) is 9.59 Å². The van der Waals surface area contributed by atoms with Crippen LogP contribution in [0.2, 0.25) is 0 Å². The molecular formula is C49H56ClFeN4O6. The van der Waals surface area contributed by atoms with Gasteiger partial charge in [0, 0.05) is 24.0 Å². The van der Waals surface area contributed by atoms with Crippen molar-refractivity contribution < 1.29 is 59.5 Å². The summed E-state index contributed by atoms with van der Waals surface area (Å²) in [6.45, 7) is 18.4. The molecule has 0 amide bonds. The normalized spacial score (nSPS) is 17.4. The fourth-order valence-corrected chi connectivity index (χ4v) is 7.72. The maximum absolute atomic E-state index is 12.8. The Balaban J connectivity index is 0.00000496. The number of fused-ring (bicyclic) bond motifs is 5. The van der Waals surface area contributed by atoms with Crippen molar-refractivity contribution in [1.82, 2.24) is 4.98 Å². The van der Waals surface area contributed by atoms with Crippen molar-refractivity contribution in [2.75, 3.05) is 0 Å². The van der Waals surface area contributed by atoms with E-state index in [1.54, 1.807) is 18.2 Å². The molecule has 0 fully saturated rings. The van der Waals surface area contributed by atoms with Crippen LogP contribution in [0.25, 0.3) is 12.2 Å². The third-order valence-electron chi connectivity index (χ3n) is 11.1. The fraction of sp³-hybridized carbons (Fsp3) is 0.367. The van der Waals surface area contributed by atoms with Gasteiger partial charge in [-0.05, 0) is 134 Å². The predicted octanol–water partition coefficient (Wildman–Crippen LogP) is 4.42. The molecule has 0 spiro atoms. The topological polar surface area (TPSA) is 169 Å². The smallest absolute Gasteiger partial charge is 1.00 e. The average Bonchev–Trinajstić information content (AvgIpc) is 3.85. The molecule has 5 heterocycles. The molecule has 5 rings (SSSR count). The second-order valence-corrected chi connectivity index (χ2v) is 15.8. The van der Waals surface area contributed by atoms with Crippen LogP contribution >= 0.6 is 0 Å². The Morgan fingerprint density at radius 3 is 1.98 bits per heavy atom. The number of carboxylic acid groups (broad SMARTS) is 2. The molecule has 1 aromatic heterocycles. The van der Waals surface area contributed by atoms with Crippen molar-refractivity contribution in [2.24, 2.45) is 15.0 Å². The summed E-state index contributed by atoms with van der Waals surface area (Å²) in [6.07, 6.45) is 20.5. The third-order valence-corrected chi connectivity index (χ3v) is 11.1. The summed E-state index contributed by atoms with van der Waals surface area (Å²) < 4.78 is 0. The van der Waals surface area contributed by atoms with E-state index < -0.39 is 18.0 Å². The molecule has 1 aromatic rings. The van der Waals surface area contributed by atoms with Gasteiger partial charge >= 0.3 is 29.0 Å². The zero-order valence-electron chi connectivity index (χ0n) is 36.1. The van der Waals surface area contributed by atoms with E-state index in [-0.39, 0.29) is 60.7 Å². The Kier molecular flexibility index (Phi) is 18.7. The zero-order valence-corrected chi connectivity index (χ0v) is 38.0. The molecule has 12 heteroatoms. The minimum Gasteiger partial charge on any atom is -1.00 e. The average molecular weight is 888 g/mol. The number of aliphatic imine (C=N–C) groups is 3. The molecular weight excluding hydrogens is 832 g/mol. The maximum Gasteiger partial charge on any atom is 3.00 e. The molecule has 0 aromatic carbocycles. The van der Waals surface area contributed by atoms with Crippen LogP contribution in [0.4, 0.5) is 0 Å². The number of carboxylic acids is 2. The summed E-state index contributed by atoms with van der Waals surface area (Å²) in [5.74, 6) is -1.98. The fourth-order valence-electron chi connectivity index (χ4n) is 7.72. The molecule has 8 bridgehead atoms. The minimum atomic E-state index is -1.02. The number of aliphatic carboxylic acids is 2. The number of halogens is 1. The first-order valence-electron chi connectivity index (χ1n) is 20.3. The van der Waals surface area contributed by atoms with Gasteiger partial charge in [0.15, 0.2) is 0 Å². The first-order chi connectivity index (χ1) is 28.1. The van der Waals surface area contributed by atoms with Gasteiger partial charge in [-0.15, -0.1) is 17.0 Å². The van der Waals surface area contributed by atoms with E-state index in [0.29, 0.717) is 80.7 Å². The van der Waals surface area contributed by atoms with Crippen LogP contribution in [0.5, 0.6) is 0 Å². The Labute approximate surface area is 376 Å². The number of allylic oxidation sites excluding steroid dienone is 15. The Morgan fingerprint density at radius 2 is 1.36 bits per heavy atom. The summed E-state index contributed by atoms with van der Waals surface area (Å²) >= 11 is 0. The second-order valence-electron chi connectivity index (χ2n) is 15.8. The summed E-state index contributed by atoms with van der Waals surface area (Å²) in [4.78, 5) is 43.2. The van der Waals surface area contributed by atoms with E-state index in [9.17, 15) is 30.0 Å². The molecule has 4 aliphatic heterocycles. The molecule has 0 aliphatic carbocycles. The Bertz CT molecular complexity index is 2460. The van der Waals surface area contributed by atoms with Gasteiger partial charge in [-0.25, -0.2) is 15.0 Å². The predicted molar refractivity (Wildman–Crippen MR) is 235 cm³/mol. The van der Waals surface area contributed by atoms with Crippen LogP contribution in [-0.4, -0.2) is 50.5 Å². The number of hydrogen-bond acceptors (Lipinski definition) is 7. The van der Waals surface area contributed by atoms with Gasteiger partial charge in [-0.2, -0.15) is 0 Å². The Morgan fingerprint density at radius 1 is 0.770 bits per heavy atom. The van der Waals surface area contributed by atoms with Crippen LogP contribution in [0.3, 0.4) is 0 Å². The molecule has 323 valence electrons. The number of aliphatic hydroxyl groups excluding tert-OH is 1. The van der Waals surface area contributed by atoms with Crippen molar-refractivity contribution in [3.8, 4) is 0 Å². The van der Waals surface area contributed by atoms with Crippen LogP contribution in [-0.2, 0) is 33.1 Å². The molecule has 0 saturated heterocycles. The van der Waals surface area contributed by atoms with E-state index in [1.807, 2.05) is 32.9 Å². The number of nitrogens with zero attached hydrogens (tertiary/aromatic N) is 4. The van der Waals surface area contributed by atoms with Crippen LogP contribution < -0.4 is 33.2 Å². The second kappa shape index (κ2) is 22.7. The molecule has 10 nitrogen and oxygen atoms in total. The van der Waals surface area contributed by atoms with E-state index >= 15 is 0 Å². The standard InChI is InChI=1S/C49H58N4O6.ClH.Fe/c1-9-34-31(6)39-25-45-49(46(55)18-12-17-30(5)16-11-15-29(4)14-10-13-28(2)3)33(8)40(52-45)24-44-37(27-54)36(20-22-48(58)59)43(53-44)26-42-35(19-21-47(56)57)32(7)38(51-42)23-41(34)50-39;;/h9,13,15,17,23-27,46,55H,1,10-12,14,16,18-22H2,2-8H3,(H4,50,51,52,53,54,56,57,58,59);1H;/q;;+3/p-3/b29-15+,30-17+,38-23?,39-25?,40-24?,41-23?,42-26?,43-26?,44-24?,45-25?;;. The minimum absolute atomic E-state index is 0. The molecule has 61 heavy (non-hydrogen) atoms. The number of carbonyl (C=O) groups is 2. The van der Waals surface area contributed by atoms with Crippen molar-refractivity contribution >= 4 is 41.2 Å². The quantitative estimate of drug-likeness (QED) is 0.118. The number of aliphatic hydroxyl groups is 1. The number of rotatable bonds is 17. The van der Waals surface area contributed by atoms with Gasteiger partial charge in [-0.1, -0.05) is 70.9 Å². The van der Waals surface area contributed by atoms with Crippen molar-refractivity contribution in [3.05, 3.63) is 138 Å². The van der Waals surface area contributed by atoms with E-state index in [4.69, 9.17) is 20.0 Å². The summed E-state index contributed by atoms with van der Waals surface area (Å²) in [5.41, 5.74) is 12.3. The van der Waals surface area contributed by atoms with Crippen LogP contribution in [0.1, 0.15) is 110 Å². The molecule has 1 atom stereocenters. The summed E-state index contributed by atoms with van der Waals surface area (Å²) in [7, 11) is 0. The first-order valence-corrected chi connectivity index (χ1v) is 20.3. The van der Waals surface area contributed by atoms with Gasteiger partial charge in [0.05, 0.1) is 40.3 Å². The van der Waals surface area contributed by atoms with Gasteiger partial charge in [0.2, 0.25) is 0 Å². The van der Waals surface area contributed by atoms with Crippen molar-refractivity contribution in [3.63, 3.8) is 0 Å². The maximum atomic E-state index is 12.8. The van der Waals surface area contributed by atoms with E-state index in [1.165, 1.54) is 16.7 Å². The first kappa shape index (κ1) is 50.3. The van der Waals surface area contributed by atoms with Crippen LogP contribution in [0.15, 0.2) is 132 Å². The largest absolute Gasteiger partial charge is 3.00 e.